The number of hydrogen-bond donors (Lipinski definition) is 1. The van der Waals surface area contributed by atoms with Crippen LogP contribution in [0, 0.1) is 0 Å². The minimum Gasteiger partial charge on any atom is -0.497 e. The largest absolute Gasteiger partial charge is 0.497 e. The number of benzene rings is 2. The number of nitrogens with one attached hydrogen (secondary N) is 1. The van der Waals surface area contributed by atoms with Gasteiger partial charge >= 0.3 is 0 Å². The van der Waals surface area contributed by atoms with Gasteiger partial charge in [-0.15, -0.1) is 0 Å². The van der Waals surface area contributed by atoms with E-state index in [4.69, 9.17) is 9.47 Å². The van der Waals surface area contributed by atoms with E-state index >= 15 is 0 Å². The third-order valence-electron chi connectivity index (χ3n) is 6.15. The lowest BCUT2D eigenvalue weighted by Gasteiger charge is -2.27. The molecular formula is C26H36N2O3. The molecule has 0 unspecified atom stereocenters. The molecular weight excluding hydrogens is 388 g/mol. The van der Waals surface area contributed by atoms with E-state index in [1.807, 2.05) is 12.1 Å². The van der Waals surface area contributed by atoms with E-state index < -0.39 is 0 Å². The standard InChI is InChI=1S/C26H36N2O3/c1-17(2)20-9-7-10-21(18(3)4)26(20)27-25(29)16-28-14-8-11-23(28)22-13-12-19(30-5)15-24(22)31-6/h7,9-10,12-13,15,17-18,23H,8,11,14,16H2,1-6H3,(H,27,29)/t23-/m0/s1. The number of rotatable bonds is 8. The Labute approximate surface area is 186 Å². The molecule has 1 fully saturated rings. The van der Waals surface area contributed by atoms with Crippen molar-refractivity contribution < 1.29 is 14.3 Å². The molecule has 1 aliphatic rings. The van der Waals surface area contributed by atoms with Gasteiger partial charge in [-0.05, 0) is 48.4 Å². The lowest BCUT2D eigenvalue weighted by Crippen LogP contribution is -2.33. The maximum Gasteiger partial charge on any atom is 0.238 e. The van der Waals surface area contributed by atoms with Crippen LogP contribution < -0.4 is 14.8 Å². The fourth-order valence-electron chi connectivity index (χ4n) is 4.52. The Kier molecular flexibility index (Phi) is 7.60. The molecule has 1 N–H and O–H groups in total. The van der Waals surface area contributed by atoms with Crippen LogP contribution in [-0.4, -0.2) is 38.1 Å². The highest BCUT2D eigenvalue weighted by molar-refractivity contribution is 5.94. The zero-order valence-electron chi connectivity index (χ0n) is 19.7. The van der Waals surface area contributed by atoms with E-state index in [1.54, 1.807) is 14.2 Å². The molecule has 1 atom stereocenters. The van der Waals surface area contributed by atoms with Crippen LogP contribution in [0.2, 0.25) is 0 Å². The number of hydrogen-bond acceptors (Lipinski definition) is 4. The summed E-state index contributed by atoms with van der Waals surface area (Å²) in [5.41, 5.74) is 4.47. The van der Waals surface area contributed by atoms with Gasteiger partial charge in [-0.2, -0.15) is 0 Å². The monoisotopic (exact) mass is 424 g/mol. The molecule has 1 aliphatic heterocycles. The molecule has 0 spiro atoms. The maximum absolute atomic E-state index is 13.1. The second-order valence-electron chi connectivity index (χ2n) is 8.91. The summed E-state index contributed by atoms with van der Waals surface area (Å²) in [5, 5.41) is 3.26. The average molecular weight is 425 g/mol. The number of methoxy groups -OCH3 is 2. The molecule has 5 heteroatoms. The Bertz CT molecular complexity index is 881. The molecule has 0 saturated carbocycles. The molecule has 3 rings (SSSR count). The van der Waals surface area contributed by atoms with Crippen molar-refractivity contribution >= 4 is 11.6 Å². The van der Waals surface area contributed by atoms with Gasteiger partial charge in [0.25, 0.3) is 0 Å². The van der Waals surface area contributed by atoms with E-state index in [9.17, 15) is 4.79 Å². The number of ether oxygens (including phenoxy) is 2. The average Bonchev–Trinajstić information content (AvgIpc) is 3.20. The molecule has 0 aromatic heterocycles. The topological polar surface area (TPSA) is 50.8 Å². The van der Waals surface area contributed by atoms with Gasteiger partial charge in [-0.25, -0.2) is 0 Å². The van der Waals surface area contributed by atoms with Crippen molar-refractivity contribution in [2.75, 3.05) is 32.6 Å². The predicted octanol–water partition coefficient (Wildman–Crippen LogP) is 5.73. The van der Waals surface area contributed by atoms with Crippen LogP contribution in [0.1, 0.15) is 75.1 Å². The lowest BCUT2D eigenvalue weighted by molar-refractivity contribution is -0.117. The zero-order valence-corrected chi connectivity index (χ0v) is 19.7. The second-order valence-corrected chi connectivity index (χ2v) is 8.91. The van der Waals surface area contributed by atoms with Crippen LogP contribution in [0.15, 0.2) is 36.4 Å². The smallest absolute Gasteiger partial charge is 0.238 e. The summed E-state index contributed by atoms with van der Waals surface area (Å²) in [5.74, 6) is 2.31. The lowest BCUT2D eigenvalue weighted by atomic mass is 9.92. The van der Waals surface area contributed by atoms with Gasteiger partial charge in [0.1, 0.15) is 11.5 Å². The molecule has 2 aromatic rings. The van der Waals surface area contributed by atoms with Crippen LogP contribution >= 0.6 is 0 Å². The number of anilines is 1. The first-order valence-corrected chi connectivity index (χ1v) is 11.2. The van der Waals surface area contributed by atoms with Crippen molar-refractivity contribution in [1.82, 2.24) is 4.90 Å². The number of carbonyl (C=O) groups excluding carboxylic acids is 1. The van der Waals surface area contributed by atoms with E-state index in [0.717, 1.165) is 42.1 Å². The second kappa shape index (κ2) is 10.2. The molecule has 0 bridgehead atoms. The van der Waals surface area contributed by atoms with Gasteiger partial charge in [0, 0.05) is 23.4 Å². The van der Waals surface area contributed by atoms with Crippen LogP contribution in [0.3, 0.4) is 0 Å². The highest BCUT2D eigenvalue weighted by Gasteiger charge is 2.30. The number of amides is 1. The highest BCUT2D eigenvalue weighted by atomic mass is 16.5. The summed E-state index contributed by atoms with van der Waals surface area (Å²) in [6.07, 6.45) is 2.07. The van der Waals surface area contributed by atoms with Crippen molar-refractivity contribution in [2.24, 2.45) is 0 Å². The fourth-order valence-corrected chi connectivity index (χ4v) is 4.52. The van der Waals surface area contributed by atoms with E-state index in [0.29, 0.717) is 18.4 Å². The predicted molar refractivity (Wildman–Crippen MR) is 126 cm³/mol. The van der Waals surface area contributed by atoms with E-state index in [-0.39, 0.29) is 11.9 Å². The molecule has 1 heterocycles. The van der Waals surface area contributed by atoms with Gasteiger partial charge in [0.15, 0.2) is 0 Å². The van der Waals surface area contributed by atoms with Crippen molar-refractivity contribution in [3.05, 3.63) is 53.1 Å². The third-order valence-corrected chi connectivity index (χ3v) is 6.15. The quantitative estimate of drug-likeness (QED) is 0.588. The summed E-state index contributed by atoms with van der Waals surface area (Å²) in [6, 6.07) is 12.4. The van der Waals surface area contributed by atoms with Gasteiger partial charge in [-0.1, -0.05) is 52.0 Å². The first-order valence-electron chi connectivity index (χ1n) is 11.2. The number of nitrogens with zero attached hydrogens (tertiary/aromatic N) is 1. The van der Waals surface area contributed by atoms with Crippen molar-refractivity contribution in [3.8, 4) is 11.5 Å². The van der Waals surface area contributed by atoms with Gasteiger partial charge in [0.2, 0.25) is 5.91 Å². The molecule has 0 aliphatic carbocycles. The van der Waals surface area contributed by atoms with Crippen LogP contribution in [0.5, 0.6) is 11.5 Å². The Hall–Kier alpha value is -2.53. The molecule has 0 radical (unpaired) electrons. The Morgan fingerprint density at radius 2 is 1.74 bits per heavy atom. The minimum absolute atomic E-state index is 0.0365. The maximum atomic E-state index is 13.1. The van der Waals surface area contributed by atoms with E-state index in [1.165, 1.54) is 11.1 Å². The molecule has 1 amide bonds. The SMILES string of the molecule is COc1ccc([C@@H]2CCCN2CC(=O)Nc2c(C(C)C)cccc2C(C)C)c(OC)c1. The zero-order chi connectivity index (χ0) is 22.5. The summed E-state index contributed by atoms with van der Waals surface area (Å²) >= 11 is 0. The van der Waals surface area contributed by atoms with Crippen LogP contribution in [0.25, 0.3) is 0 Å². The molecule has 1 saturated heterocycles. The Balaban J connectivity index is 1.80. The summed E-state index contributed by atoms with van der Waals surface area (Å²) in [4.78, 5) is 15.4. The number of likely N-dealkylation sites (tertiary alicyclic amines) is 1. The van der Waals surface area contributed by atoms with E-state index in [2.05, 4.69) is 62.2 Å². The molecule has 168 valence electrons. The van der Waals surface area contributed by atoms with Crippen LogP contribution in [0.4, 0.5) is 5.69 Å². The van der Waals surface area contributed by atoms with Crippen molar-refractivity contribution in [3.63, 3.8) is 0 Å². The minimum atomic E-state index is 0.0365. The summed E-state index contributed by atoms with van der Waals surface area (Å²) < 4.78 is 11.0. The Morgan fingerprint density at radius 1 is 1.06 bits per heavy atom. The van der Waals surface area contributed by atoms with Gasteiger partial charge in [0.05, 0.1) is 20.8 Å². The summed E-state index contributed by atoms with van der Waals surface area (Å²) in [7, 11) is 3.33. The number of para-hydroxylation sites is 1. The fraction of sp³-hybridized carbons (Fsp3) is 0.500. The third kappa shape index (κ3) is 5.21. The Morgan fingerprint density at radius 3 is 2.32 bits per heavy atom. The first kappa shape index (κ1) is 23.1. The van der Waals surface area contributed by atoms with Crippen molar-refractivity contribution in [1.29, 1.82) is 0 Å². The molecule has 31 heavy (non-hydrogen) atoms. The highest BCUT2D eigenvalue weighted by Crippen LogP contribution is 2.39. The molecule has 2 aromatic carbocycles. The van der Waals surface area contributed by atoms with Gasteiger partial charge in [-0.3, -0.25) is 9.69 Å². The van der Waals surface area contributed by atoms with Crippen LogP contribution in [-0.2, 0) is 4.79 Å². The van der Waals surface area contributed by atoms with Gasteiger partial charge < -0.3 is 14.8 Å². The first-order chi connectivity index (χ1) is 14.8. The number of carbonyl (C=O) groups is 1. The van der Waals surface area contributed by atoms with Crippen molar-refractivity contribution in [2.45, 2.75) is 58.4 Å². The normalized spacial score (nSPS) is 16.7. The molecule has 5 nitrogen and oxygen atoms in total. The summed E-state index contributed by atoms with van der Waals surface area (Å²) in [6.45, 7) is 9.94.